The van der Waals surface area contributed by atoms with Crippen molar-refractivity contribution in [1.82, 2.24) is 4.98 Å². The summed E-state index contributed by atoms with van der Waals surface area (Å²) in [4.78, 5) is 5.96. The lowest BCUT2D eigenvalue weighted by molar-refractivity contribution is 0.145. The maximum absolute atomic E-state index is 13.4. The third-order valence-corrected chi connectivity index (χ3v) is 10.6. The molecule has 0 unspecified atom stereocenters. The first kappa shape index (κ1) is 23.2. The van der Waals surface area contributed by atoms with E-state index in [-0.39, 0.29) is 24.2 Å². The van der Waals surface area contributed by atoms with Crippen molar-refractivity contribution in [3.63, 3.8) is 0 Å². The summed E-state index contributed by atoms with van der Waals surface area (Å²) >= 11 is 6.74. The zero-order valence-corrected chi connectivity index (χ0v) is 20.3. The molecule has 11 heteroatoms. The van der Waals surface area contributed by atoms with Gasteiger partial charge in [-0.3, -0.25) is 0 Å². The van der Waals surface area contributed by atoms with Crippen LogP contribution < -0.4 is 4.90 Å². The van der Waals surface area contributed by atoms with E-state index in [1.54, 1.807) is 17.0 Å². The molecule has 0 bridgehead atoms. The van der Waals surface area contributed by atoms with Crippen molar-refractivity contribution in [2.75, 3.05) is 18.0 Å². The third kappa shape index (κ3) is 4.42. The number of halogens is 1. The number of sulfone groups is 2. The number of hydrogen-bond donors (Lipinski definition) is 1. The Bertz CT molecular complexity index is 1330. The Morgan fingerprint density at radius 1 is 0.938 bits per heavy atom. The Morgan fingerprint density at radius 2 is 1.47 bits per heavy atom. The summed E-state index contributed by atoms with van der Waals surface area (Å²) in [5.74, 6) is 0. The Morgan fingerprint density at radius 3 is 2.06 bits per heavy atom. The predicted octanol–water partition coefficient (Wildman–Crippen LogP) is 3.73. The maximum Gasteiger partial charge on any atom is 0.233 e. The van der Waals surface area contributed by atoms with Gasteiger partial charge in [0.1, 0.15) is 5.00 Å². The Hall–Kier alpha value is -1.98. The number of piperidine rings is 1. The molecule has 0 radical (unpaired) electrons. The highest BCUT2D eigenvalue weighted by Gasteiger charge is 2.34. The lowest BCUT2D eigenvalue weighted by atomic mass is 10.1. The molecule has 0 aliphatic carbocycles. The molecular formula is C21H21ClN2O5S3. The molecule has 0 amide bonds. The molecule has 1 aliphatic heterocycles. The molecule has 1 fully saturated rings. The second-order valence-electron chi connectivity index (χ2n) is 7.58. The molecule has 170 valence electrons. The number of aromatic nitrogens is 1. The summed E-state index contributed by atoms with van der Waals surface area (Å²) in [5.41, 5.74) is 0.904. The molecule has 7 nitrogen and oxygen atoms in total. The van der Waals surface area contributed by atoms with Gasteiger partial charge in [0.15, 0.2) is 5.03 Å². The topological polar surface area (TPSA) is 105 Å². The number of benzene rings is 2. The van der Waals surface area contributed by atoms with Crippen LogP contribution in [0.4, 0.5) is 5.00 Å². The molecule has 0 saturated carbocycles. The molecule has 4 rings (SSSR count). The van der Waals surface area contributed by atoms with Crippen LogP contribution in [0.15, 0.2) is 67.7 Å². The summed E-state index contributed by atoms with van der Waals surface area (Å²) in [6, 6.07) is 12.0. The number of aliphatic hydroxyl groups is 1. The fourth-order valence-corrected chi connectivity index (χ4v) is 7.98. The number of anilines is 1. The standard InChI is InChI=1S/C21H21ClN2O5S3/c1-14-2-6-18(7-3-14)32(28,29)21-23-19(20(30-21)24-12-10-16(25)11-13-24)31(26,27)17-8-4-15(22)5-9-17/h2-9,16,25H,10-13H2,1H3. The van der Waals surface area contributed by atoms with Gasteiger partial charge < -0.3 is 10.0 Å². The van der Waals surface area contributed by atoms with Crippen LogP contribution in [0.2, 0.25) is 5.02 Å². The first-order valence-electron chi connectivity index (χ1n) is 9.85. The minimum atomic E-state index is -4.11. The molecule has 2 aromatic carbocycles. The molecule has 3 aromatic rings. The zero-order chi connectivity index (χ0) is 23.1. The molecule has 0 atom stereocenters. The van der Waals surface area contributed by atoms with Crippen LogP contribution in [0.1, 0.15) is 18.4 Å². The second kappa shape index (κ2) is 8.75. The van der Waals surface area contributed by atoms with E-state index in [1.165, 1.54) is 36.4 Å². The van der Waals surface area contributed by atoms with Gasteiger partial charge in [-0.15, -0.1) is 0 Å². The fraction of sp³-hybridized carbons (Fsp3) is 0.286. The number of aryl methyl sites for hydroxylation is 1. The fourth-order valence-electron chi connectivity index (χ4n) is 3.38. The average Bonchev–Trinajstić information content (AvgIpc) is 3.22. The van der Waals surface area contributed by atoms with Crippen LogP contribution in [0.5, 0.6) is 0 Å². The highest BCUT2D eigenvalue weighted by molar-refractivity contribution is 7.94. The van der Waals surface area contributed by atoms with Gasteiger partial charge >= 0.3 is 0 Å². The van der Waals surface area contributed by atoms with E-state index >= 15 is 0 Å². The number of nitrogens with zero attached hydrogens (tertiary/aromatic N) is 2. The van der Waals surface area contributed by atoms with E-state index in [9.17, 15) is 21.9 Å². The first-order chi connectivity index (χ1) is 15.1. The number of rotatable bonds is 5. The normalized spacial score (nSPS) is 15.8. The Labute approximate surface area is 196 Å². The van der Waals surface area contributed by atoms with Crippen LogP contribution in [-0.2, 0) is 19.7 Å². The zero-order valence-electron chi connectivity index (χ0n) is 17.1. The molecular weight excluding hydrogens is 492 g/mol. The van der Waals surface area contributed by atoms with Gasteiger partial charge in [0.2, 0.25) is 24.0 Å². The molecule has 2 heterocycles. The van der Waals surface area contributed by atoms with Gasteiger partial charge in [0.25, 0.3) is 0 Å². The largest absolute Gasteiger partial charge is 0.393 e. The lowest BCUT2D eigenvalue weighted by Crippen LogP contribution is -2.36. The van der Waals surface area contributed by atoms with E-state index in [1.807, 2.05) is 6.92 Å². The van der Waals surface area contributed by atoms with Gasteiger partial charge in [-0.1, -0.05) is 40.6 Å². The van der Waals surface area contributed by atoms with E-state index in [0.717, 1.165) is 16.9 Å². The summed E-state index contributed by atoms with van der Waals surface area (Å²) in [7, 11) is -8.12. The summed E-state index contributed by atoms with van der Waals surface area (Å²) < 4.78 is 53.0. The highest BCUT2D eigenvalue weighted by Crippen LogP contribution is 2.40. The van der Waals surface area contributed by atoms with Gasteiger partial charge in [0, 0.05) is 18.1 Å². The predicted molar refractivity (Wildman–Crippen MR) is 123 cm³/mol. The van der Waals surface area contributed by atoms with E-state index in [0.29, 0.717) is 31.0 Å². The van der Waals surface area contributed by atoms with E-state index < -0.39 is 25.8 Å². The van der Waals surface area contributed by atoms with Gasteiger partial charge in [0.05, 0.1) is 15.9 Å². The van der Waals surface area contributed by atoms with Crippen molar-refractivity contribution in [3.05, 3.63) is 59.1 Å². The highest BCUT2D eigenvalue weighted by atomic mass is 35.5. The Balaban J connectivity index is 1.85. The monoisotopic (exact) mass is 512 g/mol. The number of thiazole rings is 1. The van der Waals surface area contributed by atoms with Crippen LogP contribution >= 0.6 is 22.9 Å². The van der Waals surface area contributed by atoms with E-state index in [4.69, 9.17) is 11.6 Å². The molecule has 32 heavy (non-hydrogen) atoms. The molecule has 1 N–H and O–H groups in total. The SMILES string of the molecule is Cc1ccc(S(=O)(=O)c2nc(S(=O)(=O)c3ccc(Cl)cc3)c(N3CCC(O)CC3)s2)cc1. The summed E-state index contributed by atoms with van der Waals surface area (Å²) in [6.07, 6.45) is 0.447. The van der Waals surface area contributed by atoms with Crippen LogP contribution in [-0.4, -0.2) is 46.1 Å². The van der Waals surface area contributed by atoms with Crippen molar-refractivity contribution in [3.8, 4) is 0 Å². The van der Waals surface area contributed by atoms with Crippen LogP contribution in [0.25, 0.3) is 0 Å². The third-order valence-electron chi connectivity index (χ3n) is 5.25. The van der Waals surface area contributed by atoms with Crippen molar-refractivity contribution in [2.24, 2.45) is 0 Å². The first-order valence-corrected chi connectivity index (χ1v) is 14.0. The quantitative estimate of drug-likeness (QED) is 0.555. The number of aliphatic hydroxyl groups excluding tert-OH is 1. The van der Waals surface area contributed by atoms with Crippen molar-refractivity contribution in [2.45, 2.75) is 45.0 Å². The number of hydrogen-bond acceptors (Lipinski definition) is 8. The lowest BCUT2D eigenvalue weighted by Gasteiger charge is -2.30. The maximum atomic E-state index is 13.4. The van der Waals surface area contributed by atoms with Gasteiger partial charge in [-0.25, -0.2) is 21.8 Å². The van der Waals surface area contributed by atoms with E-state index in [2.05, 4.69) is 4.98 Å². The van der Waals surface area contributed by atoms with Gasteiger partial charge in [-0.05, 0) is 56.2 Å². The average molecular weight is 513 g/mol. The summed E-state index contributed by atoms with van der Waals surface area (Å²) in [5, 5.41) is 10.2. The van der Waals surface area contributed by atoms with Crippen molar-refractivity contribution >= 4 is 47.6 Å². The van der Waals surface area contributed by atoms with Crippen LogP contribution in [0.3, 0.4) is 0 Å². The second-order valence-corrected chi connectivity index (χ2v) is 13.0. The smallest absolute Gasteiger partial charge is 0.233 e. The minimum absolute atomic E-state index is 0.0234. The Kier molecular flexibility index (Phi) is 6.34. The van der Waals surface area contributed by atoms with Crippen molar-refractivity contribution in [1.29, 1.82) is 0 Å². The summed E-state index contributed by atoms with van der Waals surface area (Å²) in [6.45, 7) is 2.65. The molecule has 1 aliphatic rings. The molecule has 0 spiro atoms. The molecule has 1 saturated heterocycles. The van der Waals surface area contributed by atoms with Crippen LogP contribution in [0, 0.1) is 6.92 Å². The molecule has 1 aromatic heterocycles. The minimum Gasteiger partial charge on any atom is -0.393 e. The van der Waals surface area contributed by atoms with Crippen molar-refractivity contribution < 1.29 is 21.9 Å². The van der Waals surface area contributed by atoms with Gasteiger partial charge in [-0.2, -0.15) is 0 Å².